The maximum atomic E-state index is 14.0. The van der Waals surface area contributed by atoms with Crippen LogP contribution in [0, 0.1) is 0 Å². The first-order chi connectivity index (χ1) is 9.66. The van der Waals surface area contributed by atoms with Crippen molar-refractivity contribution in [3.05, 3.63) is 35.4 Å². The molecule has 0 aliphatic heterocycles. The molecule has 0 saturated carbocycles. The number of carbonyl (C=O) groups is 2. The lowest BCUT2D eigenvalue weighted by Gasteiger charge is -2.21. The number of hydrogen-bond donors (Lipinski definition) is 1. The number of likely N-dealkylation sites (N-methyl/N-ethyl adjacent to an activating group) is 1. The predicted octanol–water partition coefficient (Wildman–Crippen LogP) is 2.65. The van der Waals surface area contributed by atoms with E-state index in [9.17, 15) is 27.2 Å². The maximum Gasteiger partial charge on any atom is 0.416 e. The molecule has 1 unspecified atom stereocenters. The second-order valence-electron chi connectivity index (χ2n) is 4.23. The topological polar surface area (TPSA) is 57.6 Å². The number of rotatable bonds is 5. The minimum atomic E-state index is -4.55. The number of benzene rings is 1. The normalized spacial score (nSPS) is 12.8. The van der Waals surface area contributed by atoms with Crippen LogP contribution in [0.25, 0.3) is 0 Å². The first-order valence-electron chi connectivity index (χ1n) is 5.98. The summed E-state index contributed by atoms with van der Waals surface area (Å²) in [6.07, 6.45) is -6.75. The molecular weight excluding hydrogens is 294 g/mol. The number of carboxylic acids is 1. The van der Waals surface area contributed by atoms with Gasteiger partial charge in [-0.05, 0) is 24.6 Å². The van der Waals surface area contributed by atoms with Crippen LogP contribution in [0.15, 0.2) is 24.3 Å². The van der Waals surface area contributed by atoms with Gasteiger partial charge in [0, 0.05) is 6.54 Å². The Morgan fingerprint density at radius 2 is 1.76 bits per heavy atom. The molecule has 1 rings (SSSR count). The number of amides is 1. The highest BCUT2D eigenvalue weighted by Gasteiger charge is 2.31. The van der Waals surface area contributed by atoms with Crippen LogP contribution in [-0.2, 0) is 15.8 Å². The first-order valence-corrected chi connectivity index (χ1v) is 5.98. The van der Waals surface area contributed by atoms with Crippen molar-refractivity contribution in [2.45, 2.75) is 19.3 Å². The molecule has 1 aromatic carbocycles. The van der Waals surface area contributed by atoms with Crippen LogP contribution < -0.4 is 0 Å². The summed E-state index contributed by atoms with van der Waals surface area (Å²) < 4.78 is 51.1. The number of alkyl halides is 4. The number of aliphatic carboxylic acids is 1. The van der Waals surface area contributed by atoms with E-state index in [1.54, 1.807) is 0 Å². The number of halogens is 4. The molecule has 4 nitrogen and oxygen atoms in total. The van der Waals surface area contributed by atoms with Gasteiger partial charge in [0.05, 0.1) is 5.56 Å². The fraction of sp³-hybridized carbons (Fsp3) is 0.385. The Balaban J connectivity index is 2.89. The van der Waals surface area contributed by atoms with Crippen LogP contribution in [0.1, 0.15) is 24.2 Å². The average Bonchev–Trinajstić information content (AvgIpc) is 2.42. The van der Waals surface area contributed by atoms with Gasteiger partial charge < -0.3 is 10.0 Å². The first kappa shape index (κ1) is 16.9. The number of hydrogen-bond acceptors (Lipinski definition) is 2. The Morgan fingerprint density at radius 1 is 1.24 bits per heavy atom. The second kappa shape index (κ2) is 6.55. The molecule has 0 aliphatic carbocycles. The van der Waals surface area contributed by atoms with Crippen LogP contribution in [0.4, 0.5) is 17.6 Å². The summed E-state index contributed by atoms with van der Waals surface area (Å²) in [6, 6.07) is 3.06. The SMILES string of the molecule is CCN(CC(=O)O)C(=O)C(F)c1ccc(C(F)(F)F)cc1. The highest BCUT2D eigenvalue weighted by atomic mass is 19.4. The Labute approximate surface area is 118 Å². The summed E-state index contributed by atoms with van der Waals surface area (Å²) in [5.41, 5.74) is -1.21. The van der Waals surface area contributed by atoms with E-state index in [4.69, 9.17) is 5.11 Å². The smallest absolute Gasteiger partial charge is 0.416 e. The number of carboxylic acid groups (broad SMARTS) is 1. The van der Waals surface area contributed by atoms with Crippen molar-refractivity contribution in [1.29, 1.82) is 0 Å². The van der Waals surface area contributed by atoms with Crippen molar-refractivity contribution in [1.82, 2.24) is 4.90 Å². The van der Waals surface area contributed by atoms with Crippen LogP contribution in [0.3, 0.4) is 0 Å². The summed E-state index contributed by atoms with van der Waals surface area (Å²) in [7, 11) is 0. The lowest BCUT2D eigenvalue weighted by atomic mass is 10.1. The molecule has 0 fully saturated rings. The molecule has 0 aliphatic rings. The molecular formula is C13H13F4NO3. The highest BCUT2D eigenvalue weighted by Crippen LogP contribution is 2.30. The van der Waals surface area contributed by atoms with Gasteiger partial charge in [-0.1, -0.05) is 12.1 Å². The molecule has 1 aromatic rings. The monoisotopic (exact) mass is 307 g/mol. The van der Waals surface area contributed by atoms with E-state index in [2.05, 4.69) is 0 Å². The lowest BCUT2D eigenvalue weighted by molar-refractivity contribution is -0.146. The molecule has 8 heteroatoms. The van der Waals surface area contributed by atoms with Gasteiger partial charge in [0.1, 0.15) is 6.54 Å². The van der Waals surface area contributed by atoms with E-state index >= 15 is 0 Å². The summed E-state index contributed by atoms with van der Waals surface area (Å²) in [5.74, 6) is -2.40. The quantitative estimate of drug-likeness (QED) is 0.851. The van der Waals surface area contributed by atoms with E-state index in [0.717, 1.165) is 17.0 Å². The van der Waals surface area contributed by atoms with Crippen LogP contribution in [0.2, 0.25) is 0 Å². The molecule has 21 heavy (non-hydrogen) atoms. The molecule has 0 bridgehead atoms. The molecule has 0 saturated heterocycles. The van der Waals surface area contributed by atoms with Crippen molar-refractivity contribution in [2.24, 2.45) is 0 Å². The molecule has 116 valence electrons. The predicted molar refractivity (Wildman–Crippen MR) is 65.2 cm³/mol. The third-order valence-electron chi connectivity index (χ3n) is 2.77. The van der Waals surface area contributed by atoms with Gasteiger partial charge >= 0.3 is 12.1 Å². The standard InChI is InChI=1S/C13H13F4NO3/c1-2-18(7-10(19)20)12(21)11(14)8-3-5-9(6-4-8)13(15,16)17/h3-6,11H,2,7H2,1H3,(H,19,20). The molecule has 1 N–H and O–H groups in total. The van der Waals surface area contributed by atoms with Crippen LogP contribution >= 0.6 is 0 Å². The Hall–Kier alpha value is -2.12. The lowest BCUT2D eigenvalue weighted by Crippen LogP contribution is -2.37. The number of carbonyl (C=O) groups excluding carboxylic acids is 1. The molecule has 1 amide bonds. The largest absolute Gasteiger partial charge is 0.480 e. The zero-order valence-corrected chi connectivity index (χ0v) is 11.0. The van der Waals surface area contributed by atoms with Crippen molar-refractivity contribution in [2.75, 3.05) is 13.1 Å². The fourth-order valence-electron chi connectivity index (χ4n) is 1.65. The van der Waals surface area contributed by atoms with E-state index < -0.39 is 36.3 Å². The van der Waals surface area contributed by atoms with E-state index in [1.807, 2.05) is 0 Å². The Kier molecular flexibility index (Phi) is 5.28. The zero-order valence-electron chi connectivity index (χ0n) is 11.0. The van der Waals surface area contributed by atoms with Crippen molar-refractivity contribution < 1.29 is 32.3 Å². The Morgan fingerprint density at radius 3 is 2.14 bits per heavy atom. The van der Waals surface area contributed by atoms with Crippen molar-refractivity contribution in [3.8, 4) is 0 Å². The maximum absolute atomic E-state index is 14.0. The van der Waals surface area contributed by atoms with Crippen LogP contribution in [0.5, 0.6) is 0 Å². The van der Waals surface area contributed by atoms with E-state index in [-0.39, 0.29) is 12.1 Å². The van der Waals surface area contributed by atoms with Crippen LogP contribution in [-0.4, -0.2) is 35.0 Å². The Bertz CT molecular complexity index is 513. The summed E-state index contributed by atoms with van der Waals surface area (Å²) in [6.45, 7) is 0.781. The minimum Gasteiger partial charge on any atom is -0.480 e. The van der Waals surface area contributed by atoms with Gasteiger partial charge in [-0.15, -0.1) is 0 Å². The second-order valence-corrected chi connectivity index (χ2v) is 4.23. The molecule has 1 atom stereocenters. The third kappa shape index (κ3) is 4.44. The van der Waals surface area contributed by atoms with Gasteiger partial charge in [0.2, 0.25) is 6.17 Å². The summed E-state index contributed by atoms with van der Waals surface area (Å²) >= 11 is 0. The van der Waals surface area contributed by atoms with Crippen molar-refractivity contribution >= 4 is 11.9 Å². The number of nitrogens with zero attached hydrogens (tertiary/aromatic N) is 1. The molecule has 0 spiro atoms. The van der Waals surface area contributed by atoms with Gasteiger partial charge in [-0.25, -0.2) is 4.39 Å². The third-order valence-corrected chi connectivity index (χ3v) is 2.77. The summed E-state index contributed by atoms with van der Waals surface area (Å²) in [5, 5.41) is 8.60. The van der Waals surface area contributed by atoms with Gasteiger partial charge in [-0.2, -0.15) is 13.2 Å². The van der Waals surface area contributed by atoms with E-state index in [1.165, 1.54) is 6.92 Å². The van der Waals surface area contributed by atoms with Gasteiger partial charge in [-0.3, -0.25) is 9.59 Å². The molecule has 0 radical (unpaired) electrons. The summed E-state index contributed by atoms with van der Waals surface area (Å²) in [4.78, 5) is 23.1. The average molecular weight is 307 g/mol. The molecule has 0 aromatic heterocycles. The van der Waals surface area contributed by atoms with Crippen molar-refractivity contribution in [3.63, 3.8) is 0 Å². The minimum absolute atomic E-state index is 0.0216. The van der Waals surface area contributed by atoms with Gasteiger partial charge in [0.25, 0.3) is 5.91 Å². The van der Waals surface area contributed by atoms with E-state index in [0.29, 0.717) is 12.1 Å². The highest BCUT2D eigenvalue weighted by molar-refractivity contribution is 5.85. The molecule has 0 heterocycles. The van der Waals surface area contributed by atoms with Gasteiger partial charge in [0.15, 0.2) is 0 Å². The fourth-order valence-corrected chi connectivity index (χ4v) is 1.65. The zero-order chi connectivity index (χ0) is 16.2.